The lowest BCUT2D eigenvalue weighted by atomic mass is 9.99. The number of nitrogens with one attached hydrogen (secondary N) is 1. The van der Waals surface area contributed by atoms with E-state index in [0.29, 0.717) is 5.92 Å². The van der Waals surface area contributed by atoms with E-state index in [9.17, 15) is 10.1 Å². The summed E-state index contributed by atoms with van der Waals surface area (Å²) >= 11 is 0. The zero-order valence-electron chi connectivity index (χ0n) is 12.4. The highest BCUT2D eigenvalue weighted by Gasteiger charge is 2.07. The molecule has 114 valence electrons. The predicted octanol–water partition coefficient (Wildman–Crippen LogP) is 4.44. The number of nitro groups is 1. The molecular formula is C18H20N2O2. The Kier molecular flexibility index (Phi) is 5.72. The van der Waals surface area contributed by atoms with Crippen molar-refractivity contribution in [1.82, 2.24) is 0 Å². The lowest BCUT2D eigenvalue weighted by molar-refractivity contribution is -0.384. The molecule has 0 aromatic heterocycles. The van der Waals surface area contributed by atoms with Crippen LogP contribution in [0.4, 0.5) is 11.4 Å². The SMILES string of the molecule is C=CC(CCc1ccccc1)CNc1ccc([N+](=O)[O-])cc1. The van der Waals surface area contributed by atoms with Crippen molar-refractivity contribution in [3.63, 3.8) is 0 Å². The van der Waals surface area contributed by atoms with Crippen molar-refractivity contribution in [3.8, 4) is 0 Å². The van der Waals surface area contributed by atoms with Gasteiger partial charge in [0.15, 0.2) is 0 Å². The fraction of sp³-hybridized carbons (Fsp3) is 0.222. The Balaban J connectivity index is 1.83. The van der Waals surface area contributed by atoms with Gasteiger partial charge in [-0.15, -0.1) is 6.58 Å². The van der Waals surface area contributed by atoms with Gasteiger partial charge in [-0.1, -0.05) is 36.4 Å². The quantitative estimate of drug-likeness (QED) is 0.445. The number of benzene rings is 2. The van der Waals surface area contributed by atoms with Gasteiger partial charge in [0.05, 0.1) is 4.92 Å². The highest BCUT2D eigenvalue weighted by Crippen LogP contribution is 2.17. The molecule has 0 heterocycles. The van der Waals surface area contributed by atoms with E-state index in [1.54, 1.807) is 12.1 Å². The Labute approximate surface area is 130 Å². The second-order valence-electron chi connectivity index (χ2n) is 5.20. The van der Waals surface area contributed by atoms with Gasteiger partial charge in [0.25, 0.3) is 5.69 Å². The summed E-state index contributed by atoms with van der Waals surface area (Å²) in [5.74, 6) is 0.357. The predicted molar refractivity (Wildman–Crippen MR) is 90.0 cm³/mol. The first-order valence-electron chi connectivity index (χ1n) is 7.34. The number of rotatable bonds is 8. The van der Waals surface area contributed by atoms with Gasteiger partial charge >= 0.3 is 0 Å². The molecule has 0 aliphatic carbocycles. The van der Waals surface area contributed by atoms with Crippen LogP contribution in [0.3, 0.4) is 0 Å². The summed E-state index contributed by atoms with van der Waals surface area (Å²) in [6.07, 6.45) is 3.99. The number of non-ortho nitro benzene ring substituents is 1. The zero-order chi connectivity index (χ0) is 15.8. The first-order chi connectivity index (χ1) is 10.7. The van der Waals surface area contributed by atoms with Crippen molar-refractivity contribution >= 4 is 11.4 Å². The molecule has 0 fully saturated rings. The van der Waals surface area contributed by atoms with E-state index in [1.165, 1.54) is 17.7 Å². The van der Waals surface area contributed by atoms with Crippen LogP contribution in [0, 0.1) is 16.0 Å². The molecule has 4 heteroatoms. The molecular weight excluding hydrogens is 276 g/mol. The molecule has 0 aliphatic rings. The number of nitrogens with zero attached hydrogens (tertiary/aromatic N) is 1. The Bertz CT molecular complexity index is 609. The van der Waals surface area contributed by atoms with E-state index < -0.39 is 4.92 Å². The van der Waals surface area contributed by atoms with Crippen molar-refractivity contribution in [2.45, 2.75) is 12.8 Å². The average molecular weight is 296 g/mol. The fourth-order valence-corrected chi connectivity index (χ4v) is 2.25. The topological polar surface area (TPSA) is 55.2 Å². The van der Waals surface area contributed by atoms with Crippen LogP contribution < -0.4 is 5.32 Å². The number of anilines is 1. The lowest BCUT2D eigenvalue weighted by Gasteiger charge is -2.14. The second kappa shape index (κ2) is 7.98. The van der Waals surface area contributed by atoms with Crippen LogP contribution in [0.2, 0.25) is 0 Å². The fourth-order valence-electron chi connectivity index (χ4n) is 2.25. The molecule has 0 bridgehead atoms. The van der Waals surface area contributed by atoms with Crippen LogP contribution in [0.25, 0.3) is 0 Å². The van der Waals surface area contributed by atoms with Crippen LogP contribution in [-0.4, -0.2) is 11.5 Å². The van der Waals surface area contributed by atoms with Gasteiger partial charge < -0.3 is 5.32 Å². The Morgan fingerprint density at radius 3 is 2.41 bits per heavy atom. The first-order valence-corrected chi connectivity index (χ1v) is 7.34. The molecule has 1 unspecified atom stereocenters. The number of nitro benzene ring substituents is 1. The maximum atomic E-state index is 10.6. The third-order valence-corrected chi connectivity index (χ3v) is 3.63. The summed E-state index contributed by atoms with van der Waals surface area (Å²) in [6.45, 7) is 4.67. The minimum atomic E-state index is -0.393. The van der Waals surface area contributed by atoms with E-state index in [-0.39, 0.29) is 5.69 Å². The average Bonchev–Trinajstić information content (AvgIpc) is 2.56. The minimum Gasteiger partial charge on any atom is -0.384 e. The van der Waals surface area contributed by atoms with Crippen molar-refractivity contribution < 1.29 is 4.92 Å². The molecule has 1 N–H and O–H groups in total. The third-order valence-electron chi connectivity index (χ3n) is 3.63. The van der Waals surface area contributed by atoms with E-state index in [4.69, 9.17) is 0 Å². The van der Waals surface area contributed by atoms with Gasteiger partial charge in [-0.3, -0.25) is 10.1 Å². The van der Waals surface area contributed by atoms with E-state index in [2.05, 4.69) is 24.0 Å². The molecule has 2 rings (SSSR count). The van der Waals surface area contributed by atoms with Crippen molar-refractivity contribution in [3.05, 3.63) is 82.9 Å². The van der Waals surface area contributed by atoms with Crippen LogP contribution >= 0.6 is 0 Å². The Morgan fingerprint density at radius 1 is 1.14 bits per heavy atom. The largest absolute Gasteiger partial charge is 0.384 e. The zero-order valence-corrected chi connectivity index (χ0v) is 12.4. The monoisotopic (exact) mass is 296 g/mol. The third kappa shape index (κ3) is 4.74. The summed E-state index contributed by atoms with van der Waals surface area (Å²) in [5.41, 5.74) is 2.32. The molecule has 0 aliphatic heterocycles. The maximum absolute atomic E-state index is 10.6. The highest BCUT2D eigenvalue weighted by molar-refractivity contribution is 5.48. The first kappa shape index (κ1) is 15.8. The Morgan fingerprint density at radius 2 is 1.82 bits per heavy atom. The molecule has 2 aromatic rings. The lowest BCUT2D eigenvalue weighted by Crippen LogP contribution is -2.13. The van der Waals surface area contributed by atoms with Crippen LogP contribution in [0.15, 0.2) is 67.3 Å². The van der Waals surface area contributed by atoms with Crippen molar-refractivity contribution in [1.29, 1.82) is 0 Å². The summed E-state index contributed by atoms with van der Waals surface area (Å²) in [6, 6.07) is 16.9. The van der Waals surface area contributed by atoms with Crippen molar-refractivity contribution in [2.24, 2.45) is 5.92 Å². The summed E-state index contributed by atoms with van der Waals surface area (Å²) in [4.78, 5) is 10.2. The normalized spacial score (nSPS) is 11.6. The van der Waals surface area contributed by atoms with Crippen molar-refractivity contribution in [2.75, 3.05) is 11.9 Å². The van der Waals surface area contributed by atoms with Gasteiger partial charge in [-0.05, 0) is 36.5 Å². The highest BCUT2D eigenvalue weighted by atomic mass is 16.6. The molecule has 22 heavy (non-hydrogen) atoms. The van der Waals surface area contributed by atoms with Gasteiger partial charge in [0.2, 0.25) is 0 Å². The molecule has 0 radical (unpaired) electrons. The summed E-state index contributed by atoms with van der Waals surface area (Å²) in [7, 11) is 0. The molecule has 1 atom stereocenters. The van der Waals surface area contributed by atoms with Crippen LogP contribution in [0.1, 0.15) is 12.0 Å². The van der Waals surface area contributed by atoms with Crippen LogP contribution in [-0.2, 0) is 6.42 Å². The van der Waals surface area contributed by atoms with Gasteiger partial charge in [0, 0.05) is 24.4 Å². The molecule has 0 spiro atoms. The van der Waals surface area contributed by atoms with Crippen LogP contribution in [0.5, 0.6) is 0 Å². The smallest absolute Gasteiger partial charge is 0.269 e. The summed E-state index contributed by atoms with van der Waals surface area (Å²) in [5, 5.41) is 13.9. The summed E-state index contributed by atoms with van der Waals surface area (Å²) < 4.78 is 0. The molecule has 4 nitrogen and oxygen atoms in total. The molecule has 0 amide bonds. The molecule has 0 saturated carbocycles. The standard InChI is InChI=1S/C18H20N2O2/c1-2-15(8-9-16-6-4-3-5-7-16)14-19-17-10-12-18(13-11-17)20(21)22/h2-7,10-13,15,19H,1,8-9,14H2. The van der Waals surface area contributed by atoms with Gasteiger partial charge in [-0.2, -0.15) is 0 Å². The second-order valence-corrected chi connectivity index (χ2v) is 5.20. The number of hydrogen-bond acceptors (Lipinski definition) is 3. The number of hydrogen-bond donors (Lipinski definition) is 1. The Hall–Kier alpha value is -2.62. The number of aryl methyl sites for hydroxylation is 1. The van der Waals surface area contributed by atoms with E-state index in [1.807, 2.05) is 24.3 Å². The maximum Gasteiger partial charge on any atom is 0.269 e. The molecule has 0 saturated heterocycles. The molecule has 2 aromatic carbocycles. The van der Waals surface area contributed by atoms with Gasteiger partial charge in [0.1, 0.15) is 0 Å². The van der Waals surface area contributed by atoms with E-state index in [0.717, 1.165) is 25.1 Å². The minimum absolute atomic E-state index is 0.106. The van der Waals surface area contributed by atoms with E-state index >= 15 is 0 Å². The van der Waals surface area contributed by atoms with Gasteiger partial charge in [-0.25, -0.2) is 0 Å².